The fraction of sp³-hybridized carbons (Fsp3) is 0.471. The number of aromatic hydroxyl groups is 1. The minimum atomic E-state index is 0.298. The molecule has 2 aromatic rings. The van der Waals surface area contributed by atoms with Gasteiger partial charge in [-0.2, -0.15) is 5.10 Å². The second-order valence-corrected chi connectivity index (χ2v) is 5.92. The van der Waals surface area contributed by atoms with Crippen molar-refractivity contribution in [2.45, 2.75) is 38.8 Å². The van der Waals surface area contributed by atoms with Crippen LogP contribution < -0.4 is 10.6 Å². The lowest BCUT2D eigenvalue weighted by Crippen LogP contribution is -2.47. The Kier molecular flexibility index (Phi) is 5.30. The summed E-state index contributed by atoms with van der Waals surface area (Å²) in [5.74, 6) is 2.18. The Morgan fingerprint density at radius 1 is 1.46 bits per heavy atom. The first-order valence-electron chi connectivity index (χ1n) is 8.44. The summed E-state index contributed by atoms with van der Waals surface area (Å²) in [4.78, 5) is 8.90. The van der Waals surface area contributed by atoms with Crippen LogP contribution in [0.3, 0.4) is 0 Å². The van der Waals surface area contributed by atoms with Gasteiger partial charge >= 0.3 is 0 Å². The number of nitrogens with one attached hydrogen (secondary N) is 2. The van der Waals surface area contributed by atoms with Crippen molar-refractivity contribution in [3.63, 3.8) is 0 Å². The van der Waals surface area contributed by atoms with Gasteiger partial charge in [0.15, 0.2) is 5.96 Å². The highest BCUT2D eigenvalue weighted by Gasteiger charge is 2.20. The summed E-state index contributed by atoms with van der Waals surface area (Å²) in [5, 5.41) is 20.5. The molecule has 0 bridgehead atoms. The zero-order valence-electron chi connectivity index (χ0n) is 13.9. The molecule has 1 aliphatic heterocycles. The standard InChI is InChI=1S/C17H24N6O/c1-2-18-17(19-9-8-13-4-3-5-15(24)10-13)22-14-6-7-16-20-12-21-23(16)11-14/h3-5,10,12,14,24H,2,6-9,11H2,1H3,(H2,18,19,22). The number of benzene rings is 1. The number of aryl methyl sites for hydroxylation is 1. The van der Waals surface area contributed by atoms with E-state index in [9.17, 15) is 5.11 Å². The summed E-state index contributed by atoms with van der Waals surface area (Å²) < 4.78 is 1.96. The molecule has 1 aromatic heterocycles. The Bertz CT molecular complexity index is 696. The average molecular weight is 328 g/mol. The lowest BCUT2D eigenvalue weighted by Gasteiger charge is -2.25. The maximum Gasteiger partial charge on any atom is 0.191 e. The molecule has 1 aliphatic rings. The number of aromatic nitrogens is 3. The molecular weight excluding hydrogens is 304 g/mol. The average Bonchev–Trinajstić information content (AvgIpc) is 3.03. The highest BCUT2D eigenvalue weighted by atomic mass is 16.3. The summed E-state index contributed by atoms with van der Waals surface area (Å²) in [5.41, 5.74) is 1.08. The summed E-state index contributed by atoms with van der Waals surface area (Å²) in [6.07, 6.45) is 4.37. The van der Waals surface area contributed by atoms with E-state index in [1.165, 1.54) is 0 Å². The van der Waals surface area contributed by atoms with Gasteiger partial charge in [0.1, 0.15) is 17.9 Å². The number of phenolic OH excluding ortho intramolecular Hbond substituents is 1. The van der Waals surface area contributed by atoms with Crippen LogP contribution >= 0.6 is 0 Å². The van der Waals surface area contributed by atoms with E-state index in [1.54, 1.807) is 18.5 Å². The van der Waals surface area contributed by atoms with Gasteiger partial charge in [-0.15, -0.1) is 0 Å². The highest BCUT2D eigenvalue weighted by molar-refractivity contribution is 5.80. The topological polar surface area (TPSA) is 87.4 Å². The molecule has 3 N–H and O–H groups in total. The fourth-order valence-electron chi connectivity index (χ4n) is 2.88. The van der Waals surface area contributed by atoms with Crippen LogP contribution in [0.2, 0.25) is 0 Å². The van der Waals surface area contributed by atoms with Crippen LogP contribution in [0.5, 0.6) is 5.75 Å². The van der Waals surface area contributed by atoms with Crippen LogP contribution in [0.4, 0.5) is 0 Å². The minimum Gasteiger partial charge on any atom is -0.508 e. The summed E-state index contributed by atoms with van der Waals surface area (Å²) in [6, 6.07) is 7.62. The zero-order chi connectivity index (χ0) is 16.8. The van der Waals surface area contributed by atoms with Crippen LogP contribution in [0.15, 0.2) is 35.6 Å². The van der Waals surface area contributed by atoms with Gasteiger partial charge in [-0.1, -0.05) is 12.1 Å². The van der Waals surface area contributed by atoms with Crippen LogP contribution in [0.1, 0.15) is 24.7 Å². The molecule has 0 amide bonds. The first-order chi connectivity index (χ1) is 11.7. The maximum atomic E-state index is 9.51. The van der Waals surface area contributed by atoms with E-state index in [2.05, 4.69) is 32.6 Å². The molecule has 128 valence electrons. The Morgan fingerprint density at radius 3 is 3.21 bits per heavy atom. The van der Waals surface area contributed by atoms with E-state index in [4.69, 9.17) is 0 Å². The first kappa shape index (κ1) is 16.3. The Balaban J connectivity index is 1.56. The predicted molar refractivity (Wildman–Crippen MR) is 93.1 cm³/mol. The van der Waals surface area contributed by atoms with Gasteiger partial charge in [-0.3, -0.25) is 4.99 Å². The minimum absolute atomic E-state index is 0.298. The van der Waals surface area contributed by atoms with Crippen LogP contribution in [0, 0.1) is 0 Å². The summed E-state index contributed by atoms with van der Waals surface area (Å²) >= 11 is 0. The fourth-order valence-corrected chi connectivity index (χ4v) is 2.88. The summed E-state index contributed by atoms with van der Waals surface area (Å²) in [7, 11) is 0. The number of aliphatic imine (C=N–C) groups is 1. The molecule has 0 saturated carbocycles. The molecule has 0 fully saturated rings. The smallest absolute Gasteiger partial charge is 0.191 e. The number of nitrogens with zero attached hydrogens (tertiary/aromatic N) is 4. The van der Waals surface area contributed by atoms with Crippen molar-refractivity contribution in [2.75, 3.05) is 13.1 Å². The third-order valence-electron chi connectivity index (χ3n) is 4.07. The van der Waals surface area contributed by atoms with Crippen molar-refractivity contribution in [3.05, 3.63) is 42.0 Å². The molecule has 0 spiro atoms. The van der Waals surface area contributed by atoms with Crippen LogP contribution in [-0.2, 0) is 19.4 Å². The van der Waals surface area contributed by atoms with Gasteiger partial charge in [0.2, 0.25) is 0 Å². The lowest BCUT2D eigenvalue weighted by atomic mass is 10.1. The second kappa shape index (κ2) is 7.81. The van der Waals surface area contributed by atoms with Crippen molar-refractivity contribution >= 4 is 5.96 Å². The number of fused-ring (bicyclic) bond motifs is 1. The molecule has 2 heterocycles. The predicted octanol–water partition coefficient (Wildman–Crippen LogP) is 1.10. The monoisotopic (exact) mass is 328 g/mol. The van der Waals surface area contributed by atoms with E-state index in [0.29, 0.717) is 18.3 Å². The first-order valence-corrected chi connectivity index (χ1v) is 8.44. The van der Waals surface area contributed by atoms with Gasteiger partial charge in [0, 0.05) is 25.6 Å². The molecule has 7 nitrogen and oxygen atoms in total. The Hall–Kier alpha value is -2.57. The van der Waals surface area contributed by atoms with E-state index < -0.39 is 0 Å². The third-order valence-corrected chi connectivity index (χ3v) is 4.07. The molecule has 7 heteroatoms. The normalized spacial score (nSPS) is 17.4. The van der Waals surface area contributed by atoms with Crippen LogP contribution in [0.25, 0.3) is 0 Å². The molecule has 24 heavy (non-hydrogen) atoms. The van der Waals surface area contributed by atoms with E-state index in [0.717, 1.165) is 49.7 Å². The van der Waals surface area contributed by atoms with E-state index in [-0.39, 0.29) is 0 Å². The van der Waals surface area contributed by atoms with Crippen molar-refractivity contribution in [1.29, 1.82) is 0 Å². The van der Waals surface area contributed by atoms with Crippen LogP contribution in [-0.4, -0.2) is 45.0 Å². The van der Waals surface area contributed by atoms with E-state index in [1.807, 2.05) is 16.8 Å². The number of hydrogen-bond acceptors (Lipinski definition) is 4. The van der Waals surface area contributed by atoms with Gasteiger partial charge < -0.3 is 15.7 Å². The molecule has 1 aromatic carbocycles. The van der Waals surface area contributed by atoms with Crippen molar-refractivity contribution in [3.8, 4) is 5.75 Å². The van der Waals surface area contributed by atoms with Gasteiger partial charge in [0.05, 0.1) is 6.54 Å². The Labute approximate surface area is 141 Å². The van der Waals surface area contributed by atoms with Crippen molar-refractivity contribution in [2.24, 2.45) is 4.99 Å². The molecule has 1 atom stereocenters. The zero-order valence-corrected chi connectivity index (χ0v) is 13.9. The molecule has 0 radical (unpaired) electrons. The van der Waals surface area contributed by atoms with Gasteiger partial charge in [0.25, 0.3) is 0 Å². The second-order valence-electron chi connectivity index (χ2n) is 5.92. The maximum absolute atomic E-state index is 9.51. The van der Waals surface area contributed by atoms with Crippen molar-refractivity contribution in [1.82, 2.24) is 25.4 Å². The number of rotatable bonds is 5. The lowest BCUT2D eigenvalue weighted by molar-refractivity contribution is 0.393. The van der Waals surface area contributed by atoms with Gasteiger partial charge in [-0.05, 0) is 37.5 Å². The van der Waals surface area contributed by atoms with Crippen molar-refractivity contribution < 1.29 is 5.11 Å². The SMILES string of the molecule is CCNC(=NCCc1cccc(O)c1)NC1CCc2ncnn2C1. The third kappa shape index (κ3) is 4.24. The molecule has 3 rings (SSSR count). The molecule has 0 saturated heterocycles. The number of phenols is 1. The highest BCUT2D eigenvalue weighted by Crippen LogP contribution is 2.12. The molecule has 1 unspecified atom stereocenters. The number of guanidine groups is 1. The molecule has 0 aliphatic carbocycles. The summed E-state index contributed by atoms with van der Waals surface area (Å²) in [6.45, 7) is 4.36. The van der Waals surface area contributed by atoms with E-state index >= 15 is 0 Å². The quantitative estimate of drug-likeness (QED) is 0.565. The molecular formula is C17H24N6O. The van der Waals surface area contributed by atoms with Gasteiger partial charge in [-0.25, -0.2) is 9.67 Å². The Morgan fingerprint density at radius 2 is 2.38 bits per heavy atom. The largest absolute Gasteiger partial charge is 0.508 e. The number of hydrogen-bond donors (Lipinski definition) is 3.